The van der Waals surface area contributed by atoms with Gasteiger partial charge in [-0.1, -0.05) is 19.3 Å². The average molecular weight is 475 g/mol. The molecule has 0 aromatic heterocycles. The summed E-state index contributed by atoms with van der Waals surface area (Å²) < 4.78 is 0. The minimum atomic E-state index is -1.50. The van der Waals surface area contributed by atoms with Crippen molar-refractivity contribution in [3.05, 3.63) is 0 Å². The number of carboxylic acid groups (broad SMARTS) is 3. The van der Waals surface area contributed by atoms with E-state index in [0.717, 1.165) is 32.1 Å². The number of carbonyl (C=O) groups is 6. The van der Waals surface area contributed by atoms with Crippen LogP contribution in [0.2, 0.25) is 0 Å². The van der Waals surface area contributed by atoms with E-state index in [-0.39, 0.29) is 31.1 Å². The molecule has 0 aliphatic heterocycles. The first-order valence-electron chi connectivity index (χ1n) is 10.8. The summed E-state index contributed by atoms with van der Waals surface area (Å²) >= 11 is 0. The van der Waals surface area contributed by atoms with Gasteiger partial charge in [0, 0.05) is 32.9 Å². The van der Waals surface area contributed by atoms with Crippen LogP contribution in [-0.2, 0) is 24.0 Å². The zero-order chi connectivity index (χ0) is 25.2. The lowest BCUT2D eigenvalue weighted by atomic mass is 10.1. The molecule has 0 aliphatic rings. The van der Waals surface area contributed by atoms with Crippen molar-refractivity contribution < 1.29 is 44.1 Å². The van der Waals surface area contributed by atoms with E-state index in [4.69, 9.17) is 10.2 Å². The van der Waals surface area contributed by atoms with Gasteiger partial charge in [0.05, 0.1) is 0 Å². The van der Waals surface area contributed by atoms with Gasteiger partial charge in [0.25, 0.3) is 0 Å². The van der Waals surface area contributed by atoms with Gasteiger partial charge in [-0.25, -0.2) is 14.4 Å². The highest BCUT2D eigenvalue weighted by molar-refractivity contribution is 5.86. The largest absolute Gasteiger partial charge is 0.481 e. The molecule has 0 unspecified atom stereocenters. The number of carbonyl (C=O) groups excluding carboxylic acids is 3. The zero-order valence-electron chi connectivity index (χ0n) is 18.7. The second-order valence-electron chi connectivity index (χ2n) is 7.41. The molecule has 0 spiro atoms. The van der Waals surface area contributed by atoms with Crippen molar-refractivity contribution in [2.24, 2.45) is 0 Å². The molecule has 13 heteroatoms. The van der Waals surface area contributed by atoms with Crippen LogP contribution in [-0.4, -0.2) is 76.7 Å². The first-order chi connectivity index (χ1) is 15.6. The lowest BCUT2D eigenvalue weighted by molar-refractivity contribution is -0.141. The molecule has 7 N–H and O–H groups in total. The summed E-state index contributed by atoms with van der Waals surface area (Å²) in [6, 6.07) is -4.01. The monoisotopic (exact) mass is 474 g/mol. The van der Waals surface area contributed by atoms with E-state index in [1.165, 1.54) is 0 Å². The fourth-order valence-corrected chi connectivity index (χ4v) is 2.80. The van der Waals surface area contributed by atoms with Crippen LogP contribution in [0.15, 0.2) is 0 Å². The first kappa shape index (κ1) is 29.6. The minimum Gasteiger partial charge on any atom is -0.481 e. The van der Waals surface area contributed by atoms with Gasteiger partial charge in [0.15, 0.2) is 0 Å². The topological polar surface area (TPSA) is 211 Å². The molecular weight excluding hydrogens is 440 g/mol. The van der Waals surface area contributed by atoms with Crippen molar-refractivity contribution in [3.63, 3.8) is 0 Å². The van der Waals surface area contributed by atoms with E-state index in [1.54, 1.807) is 7.05 Å². The zero-order valence-corrected chi connectivity index (χ0v) is 18.7. The Bertz CT molecular complexity index is 684. The Morgan fingerprint density at radius 1 is 0.667 bits per heavy atom. The fraction of sp³-hybridized carbons (Fsp3) is 0.700. The van der Waals surface area contributed by atoms with Gasteiger partial charge in [-0.3, -0.25) is 14.4 Å². The van der Waals surface area contributed by atoms with Crippen molar-refractivity contribution >= 4 is 35.8 Å². The number of nitrogens with one attached hydrogen (secondary N) is 4. The predicted octanol–water partition coefficient (Wildman–Crippen LogP) is 0.0398. The van der Waals surface area contributed by atoms with Gasteiger partial charge in [-0.15, -0.1) is 0 Å². The minimum absolute atomic E-state index is 0.00814. The predicted molar refractivity (Wildman–Crippen MR) is 115 cm³/mol. The summed E-state index contributed by atoms with van der Waals surface area (Å²) in [7, 11) is 1.59. The number of unbranched alkanes of at least 4 members (excludes halogenated alkanes) is 4. The van der Waals surface area contributed by atoms with Gasteiger partial charge in [-0.05, 0) is 25.7 Å². The van der Waals surface area contributed by atoms with Crippen LogP contribution < -0.4 is 21.3 Å². The van der Waals surface area contributed by atoms with E-state index < -0.39 is 42.4 Å². The highest BCUT2D eigenvalue weighted by atomic mass is 16.4. The second kappa shape index (κ2) is 17.2. The molecule has 0 saturated carbocycles. The average Bonchev–Trinajstić information content (AvgIpc) is 2.74. The molecule has 0 aliphatic carbocycles. The molecule has 0 aromatic rings. The third-order valence-corrected chi connectivity index (χ3v) is 4.70. The molecule has 33 heavy (non-hydrogen) atoms. The molecular formula is C20H34N4O9. The van der Waals surface area contributed by atoms with Gasteiger partial charge < -0.3 is 36.6 Å². The van der Waals surface area contributed by atoms with Crippen molar-refractivity contribution in [1.82, 2.24) is 21.3 Å². The molecule has 0 rings (SSSR count). The second-order valence-corrected chi connectivity index (χ2v) is 7.41. The third-order valence-electron chi connectivity index (χ3n) is 4.70. The standard InChI is InChI=1S/C20H34N4O9/c1-21-15(25)7-5-3-2-4-6-12-22-16(26)10-8-13(18(29)30)23-20(33)24-14(19(31)32)9-11-17(27)28/h13-14H,2-12H2,1H3,(H,21,25)(H,22,26)(H,27,28)(H,29,30)(H,31,32)(H2,23,24,33)/t13-,14-/m0/s1. The van der Waals surface area contributed by atoms with E-state index in [9.17, 15) is 33.9 Å². The highest BCUT2D eigenvalue weighted by Gasteiger charge is 2.25. The Morgan fingerprint density at radius 2 is 1.18 bits per heavy atom. The molecule has 188 valence electrons. The maximum absolute atomic E-state index is 11.9. The molecule has 0 saturated heterocycles. The SMILES string of the molecule is CNC(=O)CCCCCCCNC(=O)CC[C@H](NC(=O)N[C@@H](CCC(=O)O)C(=O)O)C(=O)O. The smallest absolute Gasteiger partial charge is 0.326 e. The van der Waals surface area contributed by atoms with Crippen LogP contribution >= 0.6 is 0 Å². The van der Waals surface area contributed by atoms with Crippen molar-refractivity contribution in [1.29, 1.82) is 0 Å². The van der Waals surface area contributed by atoms with Crippen LogP contribution in [0.25, 0.3) is 0 Å². The van der Waals surface area contributed by atoms with Crippen molar-refractivity contribution in [3.8, 4) is 0 Å². The molecule has 0 fully saturated rings. The van der Waals surface area contributed by atoms with Crippen molar-refractivity contribution in [2.45, 2.75) is 76.3 Å². The maximum atomic E-state index is 11.9. The summed E-state index contributed by atoms with van der Waals surface area (Å²) in [5.41, 5.74) is 0. The van der Waals surface area contributed by atoms with Gasteiger partial charge in [-0.2, -0.15) is 0 Å². The number of amides is 4. The molecule has 0 aromatic carbocycles. The van der Waals surface area contributed by atoms with Gasteiger partial charge in [0.2, 0.25) is 11.8 Å². The quantitative estimate of drug-likeness (QED) is 0.133. The Kier molecular flexibility index (Phi) is 15.4. The van der Waals surface area contributed by atoms with E-state index in [2.05, 4.69) is 16.0 Å². The Balaban J connectivity index is 4.20. The molecule has 13 nitrogen and oxygen atoms in total. The molecule has 0 radical (unpaired) electrons. The Morgan fingerprint density at radius 3 is 1.70 bits per heavy atom. The fourth-order valence-electron chi connectivity index (χ4n) is 2.80. The Labute approximate surface area is 191 Å². The highest BCUT2D eigenvalue weighted by Crippen LogP contribution is 2.05. The molecule has 0 heterocycles. The van der Waals surface area contributed by atoms with E-state index in [0.29, 0.717) is 13.0 Å². The maximum Gasteiger partial charge on any atom is 0.326 e. The lowest BCUT2D eigenvalue weighted by Crippen LogP contribution is -2.51. The number of hydrogen-bond acceptors (Lipinski definition) is 6. The molecule has 4 amide bonds. The number of urea groups is 1. The normalized spacial score (nSPS) is 12.2. The van der Waals surface area contributed by atoms with Crippen LogP contribution in [0.4, 0.5) is 4.79 Å². The Hall–Kier alpha value is -3.38. The van der Waals surface area contributed by atoms with E-state index >= 15 is 0 Å². The summed E-state index contributed by atoms with van der Waals surface area (Å²) in [6.45, 7) is 0.420. The van der Waals surface area contributed by atoms with Crippen LogP contribution in [0.1, 0.15) is 64.2 Å². The number of carboxylic acids is 3. The number of aliphatic carboxylic acids is 3. The molecule has 0 bridgehead atoms. The summed E-state index contributed by atoms with van der Waals surface area (Å²) in [5, 5.41) is 36.2. The summed E-state index contributed by atoms with van der Waals surface area (Å²) in [4.78, 5) is 67.9. The van der Waals surface area contributed by atoms with Crippen LogP contribution in [0.5, 0.6) is 0 Å². The van der Waals surface area contributed by atoms with Crippen molar-refractivity contribution in [2.75, 3.05) is 13.6 Å². The molecule has 2 atom stereocenters. The van der Waals surface area contributed by atoms with Gasteiger partial charge >= 0.3 is 23.9 Å². The van der Waals surface area contributed by atoms with Crippen LogP contribution in [0, 0.1) is 0 Å². The first-order valence-corrected chi connectivity index (χ1v) is 10.8. The number of rotatable bonds is 18. The van der Waals surface area contributed by atoms with E-state index in [1.807, 2.05) is 5.32 Å². The lowest BCUT2D eigenvalue weighted by Gasteiger charge is -2.18. The third kappa shape index (κ3) is 16.0. The van der Waals surface area contributed by atoms with Gasteiger partial charge in [0.1, 0.15) is 12.1 Å². The number of hydrogen-bond donors (Lipinski definition) is 7. The summed E-state index contributed by atoms with van der Waals surface area (Å²) in [5.74, 6) is -4.46. The van der Waals surface area contributed by atoms with Crippen LogP contribution in [0.3, 0.4) is 0 Å². The summed E-state index contributed by atoms with van der Waals surface area (Å²) in [6.07, 6.45) is 3.51.